The van der Waals surface area contributed by atoms with E-state index in [9.17, 15) is 4.39 Å². The lowest BCUT2D eigenvalue weighted by Crippen LogP contribution is -2.27. The monoisotopic (exact) mass is 349 g/mol. The van der Waals surface area contributed by atoms with Crippen LogP contribution in [0, 0.1) is 5.82 Å². The van der Waals surface area contributed by atoms with Crippen LogP contribution in [0.5, 0.6) is 0 Å². The molecule has 1 atom stereocenters. The summed E-state index contributed by atoms with van der Waals surface area (Å²) < 4.78 is 14.1. The summed E-state index contributed by atoms with van der Waals surface area (Å²) in [4.78, 5) is 0. The number of rotatable bonds is 7. The summed E-state index contributed by atoms with van der Waals surface area (Å²) in [5.41, 5.74) is 2.40. The number of halogens is 2. The number of likely N-dealkylation sites (N-methyl/N-ethyl adjacent to an activating group) is 1. The Kier molecular flexibility index (Phi) is 6.40. The SMILES string of the molecule is CNC(CCCc1ccccc1)Cc1cccc(F)c1Br. The van der Waals surface area contributed by atoms with Crippen molar-refractivity contribution in [2.24, 2.45) is 0 Å². The molecular weight excluding hydrogens is 329 g/mol. The molecule has 2 rings (SSSR count). The van der Waals surface area contributed by atoms with Gasteiger partial charge >= 0.3 is 0 Å². The van der Waals surface area contributed by atoms with E-state index < -0.39 is 0 Å². The Bertz CT molecular complexity index is 556. The first-order chi connectivity index (χ1) is 10.2. The quantitative estimate of drug-likeness (QED) is 0.760. The number of benzene rings is 2. The van der Waals surface area contributed by atoms with Crippen LogP contribution < -0.4 is 5.32 Å². The van der Waals surface area contributed by atoms with Crippen molar-refractivity contribution < 1.29 is 4.39 Å². The predicted molar refractivity (Wildman–Crippen MR) is 90.0 cm³/mol. The standard InChI is InChI=1S/C18H21BrFN/c1-21-16(11-5-9-14-7-3-2-4-8-14)13-15-10-6-12-17(20)18(15)19/h2-4,6-8,10,12,16,21H,5,9,11,13H2,1H3. The molecule has 0 spiro atoms. The summed E-state index contributed by atoms with van der Waals surface area (Å²) in [6.45, 7) is 0. The molecule has 0 saturated heterocycles. The molecule has 1 N–H and O–H groups in total. The fourth-order valence-electron chi connectivity index (χ4n) is 2.52. The van der Waals surface area contributed by atoms with Crippen molar-refractivity contribution in [2.75, 3.05) is 7.05 Å². The summed E-state index contributed by atoms with van der Waals surface area (Å²) in [6, 6.07) is 16.1. The zero-order valence-corrected chi connectivity index (χ0v) is 13.9. The lowest BCUT2D eigenvalue weighted by atomic mass is 9.99. The van der Waals surface area contributed by atoms with Crippen molar-refractivity contribution in [1.82, 2.24) is 5.32 Å². The lowest BCUT2D eigenvalue weighted by Gasteiger charge is -2.17. The molecule has 1 nitrogen and oxygen atoms in total. The van der Waals surface area contributed by atoms with E-state index in [-0.39, 0.29) is 5.82 Å². The van der Waals surface area contributed by atoms with Crippen LogP contribution in [0.2, 0.25) is 0 Å². The molecular formula is C18H21BrFN. The minimum atomic E-state index is -0.188. The minimum absolute atomic E-state index is 0.188. The largest absolute Gasteiger partial charge is 0.317 e. The summed E-state index contributed by atoms with van der Waals surface area (Å²) >= 11 is 3.34. The molecule has 0 aliphatic carbocycles. The van der Waals surface area contributed by atoms with Crippen LogP contribution in [-0.4, -0.2) is 13.1 Å². The van der Waals surface area contributed by atoms with Gasteiger partial charge in [0.2, 0.25) is 0 Å². The van der Waals surface area contributed by atoms with E-state index >= 15 is 0 Å². The first kappa shape index (κ1) is 16.2. The highest BCUT2D eigenvalue weighted by atomic mass is 79.9. The second-order valence-electron chi connectivity index (χ2n) is 5.28. The van der Waals surface area contributed by atoms with E-state index in [1.54, 1.807) is 6.07 Å². The predicted octanol–water partition coefficient (Wildman–Crippen LogP) is 4.74. The van der Waals surface area contributed by atoms with E-state index in [0.717, 1.165) is 31.2 Å². The summed E-state index contributed by atoms with van der Waals surface area (Å²) in [5.74, 6) is -0.188. The topological polar surface area (TPSA) is 12.0 Å². The number of hydrogen-bond acceptors (Lipinski definition) is 1. The third kappa shape index (κ3) is 4.94. The molecule has 2 aromatic rings. The van der Waals surface area contributed by atoms with Crippen molar-refractivity contribution in [1.29, 1.82) is 0 Å². The second kappa shape index (κ2) is 8.30. The highest BCUT2D eigenvalue weighted by Crippen LogP contribution is 2.22. The molecule has 3 heteroatoms. The average molecular weight is 350 g/mol. The molecule has 0 bridgehead atoms. The first-order valence-corrected chi connectivity index (χ1v) is 8.14. The average Bonchev–Trinajstić information content (AvgIpc) is 2.51. The van der Waals surface area contributed by atoms with E-state index in [1.165, 1.54) is 11.6 Å². The third-order valence-corrected chi connectivity index (χ3v) is 4.66. The van der Waals surface area contributed by atoms with Gasteiger partial charge in [-0.25, -0.2) is 4.39 Å². The lowest BCUT2D eigenvalue weighted by molar-refractivity contribution is 0.499. The zero-order valence-electron chi connectivity index (χ0n) is 12.3. The Morgan fingerprint density at radius 2 is 1.86 bits per heavy atom. The van der Waals surface area contributed by atoms with Gasteiger partial charge in [0.1, 0.15) is 5.82 Å². The molecule has 2 aromatic carbocycles. The van der Waals surface area contributed by atoms with Crippen LogP contribution in [0.25, 0.3) is 0 Å². The maximum atomic E-state index is 13.5. The van der Waals surface area contributed by atoms with Crippen LogP contribution in [-0.2, 0) is 12.8 Å². The van der Waals surface area contributed by atoms with Gasteiger partial charge in [0.15, 0.2) is 0 Å². The Labute approximate surface area is 134 Å². The first-order valence-electron chi connectivity index (χ1n) is 7.34. The number of hydrogen-bond donors (Lipinski definition) is 1. The fraction of sp³-hybridized carbons (Fsp3) is 0.333. The molecule has 0 aliphatic rings. The van der Waals surface area contributed by atoms with E-state index in [0.29, 0.717) is 10.5 Å². The Morgan fingerprint density at radius 3 is 2.57 bits per heavy atom. The summed E-state index contributed by atoms with van der Waals surface area (Å²) in [5, 5.41) is 3.34. The van der Waals surface area contributed by atoms with Gasteiger partial charge in [0.25, 0.3) is 0 Å². The molecule has 1 unspecified atom stereocenters. The molecule has 112 valence electrons. The minimum Gasteiger partial charge on any atom is -0.317 e. The highest BCUT2D eigenvalue weighted by molar-refractivity contribution is 9.10. The molecule has 0 radical (unpaired) electrons. The molecule has 0 fully saturated rings. The van der Waals surface area contributed by atoms with Crippen LogP contribution in [0.15, 0.2) is 53.0 Å². The normalized spacial score (nSPS) is 12.3. The van der Waals surface area contributed by atoms with Gasteiger partial charge < -0.3 is 5.32 Å². The maximum Gasteiger partial charge on any atom is 0.137 e. The van der Waals surface area contributed by atoms with E-state index in [4.69, 9.17) is 0 Å². The van der Waals surface area contributed by atoms with Crippen molar-refractivity contribution in [2.45, 2.75) is 31.7 Å². The maximum absolute atomic E-state index is 13.5. The molecule has 0 heterocycles. The van der Waals surface area contributed by atoms with Gasteiger partial charge in [0.05, 0.1) is 4.47 Å². The molecule has 0 aromatic heterocycles. The van der Waals surface area contributed by atoms with Crippen LogP contribution in [0.1, 0.15) is 24.0 Å². The van der Waals surface area contributed by atoms with E-state index in [1.807, 2.05) is 19.2 Å². The van der Waals surface area contributed by atoms with Crippen LogP contribution in [0.4, 0.5) is 4.39 Å². The summed E-state index contributed by atoms with van der Waals surface area (Å²) in [6.07, 6.45) is 4.13. The third-order valence-electron chi connectivity index (χ3n) is 3.77. The van der Waals surface area contributed by atoms with Gasteiger partial charge in [-0.05, 0) is 65.9 Å². The van der Waals surface area contributed by atoms with Crippen molar-refractivity contribution in [3.05, 3.63) is 69.9 Å². The second-order valence-corrected chi connectivity index (χ2v) is 6.07. The van der Waals surface area contributed by atoms with Crippen molar-refractivity contribution >= 4 is 15.9 Å². The zero-order chi connectivity index (χ0) is 15.1. The summed E-state index contributed by atoms with van der Waals surface area (Å²) in [7, 11) is 1.97. The van der Waals surface area contributed by atoms with Gasteiger partial charge in [-0.1, -0.05) is 42.5 Å². The van der Waals surface area contributed by atoms with Gasteiger partial charge in [0, 0.05) is 6.04 Å². The van der Waals surface area contributed by atoms with Crippen molar-refractivity contribution in [3.8, 4) is 0 Å². The van der Waals surface area contributed by atoms with Gasteiger partial charge in [-0.15, -0.1) is 0 Å². The Morgan fingerprint density at radius 1 is 1.10 bits per heavy atom. The van der Waals surface area contributed by atoms with Crippen LogP contribution >= 0.6 is 15.9 Å². The molecule has 21 heavy (non-hydrogen) atoms. The van der Waals surface area contributed by atoms with E-state index in [2.05, 4.69) is 45.5 Å². The Balaban J connectivity index is 1.87. The Hall–Kier alpha value is -1.19. The van der Waals surface area contributed by atoms with Gasteiger partial charge in [-0.3, -0.25) is 0 Å². The number of nitrogens with one attached hydrogen (secondary N) is 1. The molecule has 0 saturated carbocycles. The van der Waals surface area contributed by atoms with Gasteiger partial charge in [-0.2, -0.15) is 0 Å². The molecule has 0 amide bonds. The smallest absolute Gasteiger partial charge is 0.137 e. The number of aryl methyl sites for hydroxylation is 1. The molecule has 0 aliphatic heterocycles. The highest BCUT2D eigenvalue weighted by Gasteiger charge is 2.11. The van der Waals surface area contributed by atoms with Crippen LogP contribution in [0.3, 0.4) is 0 Å². The van der Waals surface area contributed by atoms with Crippen molar-refractivity contribution in [3.63, 3.8) is 0 Å². The fourth-order valence-corrected chi connectivity index (χ4v) is 2.94.